The maximum Gasteiger partial charge on any atom is 0.446 e. The van der Waals surface area contributed by atoms with Crippen molar-refractivity contribution in [1.29, 1.82) is 0 Å². The fourth-order valence-corrected chi connectivity index (χ4v) is 8.51. The molecule has 1 spiro atoms. The van der Waals surface area contributed by atoms with Crippen LogP contribution in [0.1, 0.15) is 54.9 Å². The van der Waals surface area contributed by atoms with E-state index in [-0.39, 0.29) is 29.7 Å². The molecule has 0 aromatic heterocycles. The molecule has 0 radical (unpaired) electrons. The number of carbonyl (C=O) groups excluding carboxylic acids is 1. The summed E-state index contributed by atoms with van der Waals surface area (Å²) in [6.07, 6.45) is 3.14. The van der Waals surface area contributed by atoms with Gasteiger partial charge < -0.3 is 14.0 Å². The van der Waals surface area contributed by atoms with Crippen molar-refractivity contribution < 1.29 is 36.3 Å². The molecular weight excluding hydrogens is 410 g/mol. The monoisotopic (exact) mass is 436 g/mol. The van der Waals surface area contributed by atoms with Crippen LogP contribution >= 0.6 is 0 Å². The Bertz CT molecular complexity index is 1160. The van der Waals surface area contributed by atoms with E-state index in [4.69, 9.17) is 8.92 Å². The molecule has 1 aromatic carbocycles. The van der Waals surface area contributed by atoms with Gasteiger partial charge in [0, 0.05) is 30.4 Å². The minimum Gasteiger partial charge on any atom is -0.428 e. The van der Waals surface area contributed by atoms with Crippen LogP contribution < -0.4 is 8.92 Å². The lowest BCUT2D eigenvalue weighted by molar-refractivity contribution is -0.968. The fraction of sp³-hybridized carbons (Fsp3) is 0.667. The number of ether oxygens (including phenoxy) is 1. The Morgan fingerprint density at radius 1 is 1.33 bits per heavy atom. The lowest BCUT2D eigenvalue weighted by atomic mass is 9.52. The van der Waals surface area contributed by atoms with Gasteiger partial charge in [0.2, 0.25) is 5.78 Å². The predicted molar refractivity (Wildman–Crippen MR) is 105 cm³/mol. The van der Waals surface area contributed by atoms with Crippen molar-refractivity contribution in [3.63, 3.8) is 0 Å². The zero-order chi connectivity index (χ0) is 21.5. The van der Waals surface area contributed by atoms with Gasteiger partial charge in [-0.3, -0.25) is 13.8 Å². The molecule has 2 saturated heterocycles. The van der Waals surface area contributed by atoms with Crippen LogP contribution in [0.15, 0.2) is 0 Å². The Morgan fingerprint density at radius 2 is 2.07 bits per heavy atom. The highest BCUT2D eigenvalue weighted by molar-refractivity contribution is 7.81. The minimum absolute atomic E-state index is 0.0206. The smallest absolute Gasteiger partial charge is 0.428 e. The molecule has 5 aliphatic rings. The summed E-state index contributed by atoms with van der Waals surface area (Å²) in [5.41, 5.74) is 0.139. The first-order chi connectivity index (χ1) is 14.0. The third-order valence-electron chi connectivity index (χ3n) is 9.02. The van der Waals surface area contributed by atoms with E-state index in [1.807, 2.05) is 20.9 Å². The summed E-state index contributed by atoms with van der Waals surface area (Å²) in [4.78, 5) is 13.5. The Morgan fingerprint density at radius 3 is 2.73 bits per heavy atom. The number of fused-ring (bicyclic) bond motifs is 1. The molecule has 2 aliphatic carbocycles. The molecule has 5 atom stereocenters. The molecule has 6 rings (SSSR count). The van der Waals surface area contributed by atoms with Gasteiger partial charge >= 0.3 is 16.1 Å². The number of hydrogen-bond donors (Lipinski definition) is 2. The van der Waals surface area contributed by atoms with Gasteiger partial charge in [0.1, 0.15) is 17.1 Å². The van der Waals surface area contributed by atoms with Gasteiger partial charge in [0.15, 0.2) is 11.5 Å². The molecule has 1 saturated carbocycles. The molecule has 8 nitrogen and oxygen atoms in total. The quantitative estimate of drug-likeness (QED) is 0.541. The number of aliphatic hydroxyl groups is 1. The summed E-state index contributed by atoms with van der Waals surface area (Å²) in [5.74, 6) is 0.173. The van der Waals surface area contributed by atoms with E-state index in [2.05, 4.69) is 0 Å². The van der Waals surface area contributed by atoms with Crippen LogP contribution in [0.2, 0.25) is 0 Å². The highest BCUT2D eigenvalue weighted by atomic mass is 32.3. The van der Waals surface area contributed by atoms with Crippen molar-refractivity contribution in [1.82, 2.24) is 0 Å². The Hall–Kier alpha value is -1.68. The highest BCUT2D eigenvalue weighted by Gasteiger charge is 2.96. The SMILES string of the molecule is CCCc1c(C)c2c3c(c1OS(=O)(=O)O)O[C@@]14C(=O)CCC5(O)[C@@H](C2)[N@@+]1(C)CC[C@@]354. The summed E-state index contributed by atoms with van der Waals surface area (Å²) in [6.45, 7) is 4.64. The van der Waals surface area contributed by atoms with E-state index in [0.29, 0.717) is 35.7 Å². The number of likely N-dealkylation sites (N-methyl/N-ethyl adjacent to an activating group) is 1. The van der Waals surface area contributed by atoms with E-state index in [1.165, 1.54) is 0 Å². The molecule has 5 bridgehead atoms. The molecule has 30 heavy (non-hydrogen) atoms. The Kier molecular flexibility index (Phi) is 3.19. The second kappa shape index (κ2) is 5.03. The zero-order valence-electron chi connectivity index (χ0n) is 17.3. The molecule has 3 heterocycles. The standard InChI is InChI=1S/C21H25NO7S/c1-4-5-12-11(2)13-10-14-20(24)7-6-15(23)21-19(20,8-9-22(14,21)3)16(13)18(28-21)17(12)29-30(25,26)27/h14,24H,4-10H2,1-3H3/p+1/t14-,19-,20?,21-,22-/m1/s1. The lowest BCUT2D eigenvalue weighted by Crippen LogP contribution is -2.68. The number of Topliss-reactive ketones (excluding diaryl/α,β-unsaturated/α-hetero) is 1. The largest absolute Gasteiger partial charge is 0.446 e. The number of nitrogens with zero attached hydrogens (tertiary/aromatic N) is 1. The number of ketones is 1. The lowest BCUT2D eigenvalue weighted by Gasteiger charge is -2.49. The summed E-state index contributed by atoms with van der Waals surface area (Å²) >= 11 is 0. The average Bonchev–Trinajstić information content (AvgIpc) is 3.11. The first-order valence-corrected chi connectivity index (χ1v) is 12.0. The van der Waals surface area contributed by atoms with Crippen molar-refractivity contribution in [2.45, 2.75) is 75.2 Å². The third kappa shape index (κ3) is 1.58. The van der Waals surface area contributed by atoms with Crippen molar-refractivity contribution >= 4 is 16.2 Å². The van der Waals surface area contributed by atoms with Gasteiger partial charge in [-0.25, -0.2) is 0 Å². The molecule has 1 unspecified atom stereocenters. The van der Waals surface area contributed by atoms with Gasteiger partial charge in [-0.2, -0.15) is 8.42 Å². The van der Waals surface area contributed by atoms with Gasteiger partial charge in [-0.15, -0.1) is 0 Å². The highest BCUT2D eigenvalue weighted by Crippen LogP contribution is 2.78. The summed E-state index contributed by atoms with van der Waals surface area (Å²) in [6, 6.07) is -0.139. The number of rotatable bonds is 4. The van der Waals surface area contributed by atoms with Gasteiger partial charge in [0.25, 0.3) is 0 Å². The maximum absolute atomic E-state index is 13.5. The van der Waals surface area contributed by atoms with Crippen LogP contribution in [0.25, 0.3) is 0 Å². The van der Waals surface area contributed by atoms with Crippen LogP contribution in [-0.4, -0.2) is 59.3 Å². The van der Waals surface area contributed by atoms with Crippen LogP contribution in [0.5, 0.6) is 11.5 Å². The minimum atomic E-state index is -4.80. The zero-order valence-corrected chi connectivity index (χ0v) is 18.1. The number of benzene rings is 1. The van der Waals surface area contributed by atoms with Gasteiger partial charge in [0.05, 0.1) is 13.6 Å². The molecular formula is C21H26NO7S+. The number of carbonyl (C=O) groups is 1. The first-order valence-electron chi connectivity index (χ1n) is 10.6. The molecule has 9 heteroatoms. The van der Waals surface area contributed by atoms with E-state index in [9.17, 15) is 22.9 Å². The fourth-order valence-electron chi connectivity index (χ4n) is 8.13. The molecule has 2 N–H and O–H groups in total. The van der Waals surface area contributed by atoms with Crippen LogP contribution in [0, 0.1) is 6.92 Å². The predicted octanol–water partition coefficient (Wildman–Crippen LogP) is 1.34. The van der Waals surface area contributed by atoms with E-state index < -0.39 is 27.1 Å². The van der Waals surface area contributed by atoms with Crippen LogP contribution in [0.3, 0.4) is 0 Å². The Labute approximate surface area is 175 Å². The normalized spacial score (nSPS) is 41.9. The number of quaternary nitrogens is 1. The average molecular weight is 437 g/mol. The third-order valence-corrected chi connectivity index (χ3v) is 9.39. The number of piperidine rings is 1. The Balaban J connectivity index is 1.76. The molecule has 3 aliphatic heterocycles. The maximum atomic E-state index is 13.5. The second-order valence-corrected chi connectivity index (χ2v) is 10.9. The summed E-state index contributed by atoms with van der Waals surface area (Å²) in [7, 11) is -2.80. The summed E-state index contributed by atoms with van der Waals surface area (Å²) in [5, 5.41) is 12.0. The van der Waals surface area contributed by atoms with Crippen molar-refractivity contribution in [3.8, 4) is 11.5 Å². The van der Waals surface area contributed by atoms with Crippen molar-refractivity contribution in [3.05, 3.63) is 22.3 Å². The van der Waals surface area contributed by atoms with E-state index >= 15 is 0 Å². The molecule has 3 fully saturated rings. The summed E-state index contributed by atoms with van der Waals surface area (Å²) < 4.78 is 44.9. The molecule has 1 aromatic rings. The topological polar surface area (TPSA) is 110 Å². The van der Waals surface area contributed by atoms with Crippen LogP contribution in [0.4, 0.5) is 0 Å². The molecule has 0 amide bonds. The molecule has 162 valence electrons. The number of hydrogen-bond acceptors (Lipinski definition) is 6. The first kappa shape index (κ1) is 19.0. The van der Waals surface area contributed by atoms with Crippen molar-refractivity contribution in [2.75, 3.05) is 13.6 Å². The van der Waals surface area contributed by atoms with Crippen LogP contribution in [-0.2, 0) is 33.5 Å². The van der Waals surface area contributed by atoms with E-state index in [0.717, 1.165) is 29.7 Å². The van der Waals surface area contributed by atoms with Gasteiger partial charge in [-0.1, -0.05) is 13.3 Å². The van der Waals surface area contributed by atoms with E-state index in [1.54, 1.807) is 0 Å². The van der Waals surface area contributed by atoms with Gasteiger partial charge in [-0.05, 0) is 30.9 Å². The second-order valence-electron chi connectivity index (χ2n) is 9.84. The van der Waals surface area contributed by atoms with Crippen molar-refractivity contribution in [2.24, 2.45) is 0 Å².